The van der Waals surface area contributed by atoms with Crippen molar-refractivity contribution in [1.29, 1.82) is 0 Å². The number of carbonyl (C=O) groups excluding carboxylic acids is 1. The summed E-state index contributed by atoms with van der Waals surface area (Å²) in [4.78, 5) is 12.3. The van der Waals surface area contributed by atoms with E-state index in [1.165, 1.54) is 18.2 Å². The van der Waals surface area contributed by atoms with Gasteiger partial charge in [0.1, 0.15) is 5.82 Å². The van der Waals surface area contributed by atoms with E-state index in [1.54, 1.807) is 18.2 Å². The molecule has 1 atom stereocenters. The van der Waals surface area contributed by atoms with Gasteiger partial charge in [0, 0.05) is 5.56 Å². The maximum absolute atomic E-state index is 12.9. The van der Waals surface area contributed by atoms with E-state index in [4.69, 9.17) is 21.1 Å². The molecule has 114 valence electrons. The lowest BCUT2D eigenvalue weighted by atomic mass is 10.1. The molecule has 1 aliphatic heterocycles. The first kappa shape index (κ1) is 14.7. The van der Waals surface area contributed by atoms with E-state index in [9.17, 15) is 9.18 Å². The predicted molar refractivity (Wildman–Crippen MR) is 79.9 cm³/mol. The lowest BCUT2D eigenvalue weighted by molar-refractivity contribution is 0.0939. The second kappa shape index (κ2) is 5.85. The third kappa shape index (κ3) is 2.85. The van der Waals surface area contributed by atoms with Crippen molar-refractivity contribution in [2.24, 2.45) is 0 Å². The van der Waals surface area contributed by atoms with Crippen LogP contribution in [-0.4, -0.2) is 12.7 Å². The van der Waals surface area contributed by atoms with E-state index >= 15 is 0 Å². The number of amides is 1. The molecule has 0 saturated carbocycles. The highest BCUT2D eigenvalue weighted by atomic mass is 35.5. The summed E-state index contributed by atoms with van der Waals surface area (Å²) >= 11 is 6.06. The minimum Gasteiger partial charge on any atom is -0.454 e. The number of ether oxygens (including phenoxy) is 2. The van der Waals surface area contributed by atoms with Crippen LogP contribution in [0.2, 0.25) is 5.02 Å². The molecule has 1 heterocycles. The Morgan fingerprint density at radius 1 is 1.27 bits per heavy atom. The second-order valence-electron chi connectivity index (χ2n) is 4.94. The minimum atomic E-state index is -0.315. The van der Waals surface area contributed by atoms with E-state index in [-0.39, 0.29) is 24.6 Å². The molecule has 1 aliphatic rings. The van der Waals surface area contributed by atoms with Crippen LogP contribution in [-0.2, 0) is 0 Å². The maximum atomic E-state index is 12.9. The fraction of sp³-hybridized carbons (Fsp3) is 0.188. The maximum Gasteiger partial charge on any atom is 0.251 e. The Morgan fingerprint density at radius 3 is 2.73 bits per heavy atom. The van der Waals surface area contributed by atoms with Crippen LogP contribution in [0.4, 0.5) is 4.39 Å². The number of fused-ring (bicyclic) bond motifs is 1. The van der Waals surface area contributed by atoms with Crippen molar-refractivity contribution >= 4 is 17.5 Å². The summed E-state index contributed by atoms with van der Waals surface area (Å²) in [5, 5.41) is 3.16. The first-order valence-corrected chi connectivity index (χ1v) is 7.08. The van der Waals surface area contributed by atoms with Crippen LogP contribution in [0.1, 0.15) is 28.9 Å². The van der Waals surface area contributed by atoms with Gasteiger partial charge in [0.2, 0.25) is 6.79 Å². The van der Waals surface area contributed by atoms with E-state index in [1.807, 2.05) is 6.92 Å². The van der Waals surface area contributed by atoms with Crippen LogP contribution in [0.15, 0.2) is 36.4 Å². The van der Waals surface area contributed by atoms with Crippen molar-refractivity contribution < 1.29 is 18.7 Å². The van der Waals surface area contributed by atoms with Gasteiger partial charge in [0.05, 0.1) is 11.1 Å². The zero-order valence-corrected chi connectivity index (χ0v) is 12.5. The summed E-state index contributed by atoms with van der Waals surface area (Å²) in [7, 11) is 0. The van der Waals surface area contributed by atoms with Gasteiger partial charge in [-0.15, -0.1) is 0 Å². The zero-order chi connectivity index (χ0) is 15.7. The molecule has 6 heteroatoms. The molecule has 0 aromatic heterocycles. The Hall–Kier alpha value is -2.27. The smallest absolute Gasteiger partial charge is 0.251 e. The molecule has 1 N–H and O–H groups in total. The van der Waals surface area contributed by atoms with Gasteiger partial charge in [-0.2, -0.15) is 0 Å². The van der Waals surface area contributed by atoms with Crippen molar-refractivity contribution in [2.75, 3.05) is 6.79 Å². The van der Waals surface area contributed by atoms with Gasteiger partial charge in [-0.05, 0) is 36.8 Å². The lowest BCUT2D eigenvalue weighted by Gasteiger charge is -2.15. The first-order valence-electron chi connectivity index (χ1n) is 6.70. The number of nitrogens with one attached hydrogen (secondary N) is 1. The number of rotatable bonds is 3. The summed E-state index contributed by atoms with van der Waals surface area (Å²) < 4.78 is 23.4. The van der Waals surface area contributed by atoms with Gasteiger partial charge in [0.15, 0.2) is 11.5 Å². The van der Waals surface area contributed by atoms with Crippen molar-refractivity contribution in [3.05, 3.63) is 58.4 Å². The standard InChI is InChI=1S/C16H13ClFNO3/c1-9(10-2-4-12(18)5-3-10)19-16(20)11-6-13(17)15-14(7-11)21-8-22-15/h2-7,9H,8H2,1H3,(H,19,20). The fourth-order valence-corrected chi connectivity index (χ4v) is 2.48. The number of benzene rings is 2. The number of halogens is 2. The molecule has 0 radical (unpaired) electrons. The number of hydrogen-bond acceptors (Lipinski definition) is 3. The van der Waals surface area contributed by atoms with Crippen LogP contribution in [0.3, 0.4) is 0 Å². The Morgan fingerprint density at radius 2 is 2.00 bits per heavy atom. The second-order valence-corrected chi connectivity index (χ2v) is 5.35. The summed E-state index contributed by atoms with van der Waals surface area (Å²) in [5.41, 5.74) is 1.19. The molecule has 4 nitrogen and oxygen atoms in total. The van der Waals surface area contributed by atoms with E-state index in [0.29, 0.717) is 22.1 Å². The van der Waals surface area contributed by atoms with E-state index in [0.717, 1.165) is 5.56 Å². The van der Waals surface area contributed by atoms with Crippen LogP contribution < -0.4 is 14.8 Å². The highest BCUT2D eigenvalue weighted by Gasteiger charge is 2.21. The molecule has 1 unspecified atom stereocenters. The summed E-state index contributed by atoms with van der Waals surface area (Å²) in [6, 6.07) is 8.82. The average molecular weight is 322 g/mol. The molecule has 2 aromatic rings. The van der Waals surface area contributed by atoms with Crippen LogP contribution in [0, 0.1) is 5.82 Å². The molecular weight excluding hydrogens is 309 g/mol. The van der Waals surface area contributed by atoms with Gasteiger partial charge < -0.3 is 14.8 Å². The Kier molecular flexibility index (Phi) is 3.90. The van der Waals surface area contributed by atoms with E-state index in [2.05, 4.69) is 5.32 Å². The highest BCUT2D eigenvalue weighted by Crippen LogP contribution is 2.39. The molecular formula is C16H13ClFNO3. The SMILES string of the molecule is CC(NC(=O)c1cc(Cl)c2c(c1)OCO2)c1ccc(F)cc1. The van der Waals surface area contributed by atoms with Crippen molar-refractivity contribution in [2.45, 2.75) is 13.0 Å². The lowest BCUT2D eigenvalue weighted by Crippen LogP contribution is -2.26. The summed E-state index contributed by atoms with van der Waals surface area (Å²) in [6.45, 7) is 1.91. The van der Waals surface area contributed by atoms with Gasteiger partial charge in [0.25, 0.3) is 5.91 Å². The zero-order valence-electron chi connectivity index (χ0n) is 11.7. The molecule has 0 saturated heterocycles. The van der Waals surface area contributed by atoms with Crippen molar-refractivity contribution in [3.63, 3.8) is 0 Å². The summed E-state index contributed by atoms with van der Waals surface area (Å²) in [6.07, 6.45) is 0. The van der Waals surface area contributed by atoms with Gasteiger partial charge in [-0.1, -0.05) is 23.7 Å². The molecule has 1 amide bonds. The van der Waals surface area contributed by atoms with Crippen LogP contribution in [0.25, 0.3) is 0 Å². The monoisotopic (exact) mass is 321 g/mol. The summed E-state index contributed by atoms with van der Waals surface area (Å²) in [5.74, 6) is 0.290. The molecule has 0 fully saturated rings. The molecule has 2 aromatic carbocycles. The third-order valence-corrected chi connectivity index (χ3v) is 3.69. The van der Waals surface area contributed by atoms with Crippen LogP contribution >= 0.6 is 11.6 Å². The molecule has 0 spiro atoms. The number of hydrogen-bond donors (Lipinski definition) is 1. The molecule has 3 rings (SSSR count). The first-order chi connectivity index (χ1) is 10.5. The highest BCUT2D eigenvalue weighted by molar-refractivity contribution is 6.32. The predicted octanol–water partition coefficient (Wildman–Crippen LogP) is 3.70. The van der Waals surface area contributed by atoms with Gasteiger partial charge >= 0.3 is 0 Å². The van der Waals surface area contributed by atoms with E-state index < -0.39 is 0 Å². The fourth-order valence-electron chi connectivity index (χ4n) is 2.21. The molecule has 22 heavy (non-hydrogen) atoms. The van der Waals surface area contributed by atoms with Crippen molar-refractivity contribution in [1.82, 2.24) is 5.32 Å². The Labute approximate surface area is 131 Å². The van der Waals surface area contributed by atoms with Gasteiger partial charge in [-0.3, -0.25) is 4.79 Å². The third-order valence-electron chi connectivity index (χ3n) is 3.41. The normalized spacial score (nSPS) is 13.8. The number of carbonyl (C=O) groups is 1. The topological polar surface area (TPSA) is 47.6 Å². The largest absolute Gasteiger partial charge is 0.454 e. The van der Waals surface area contributed by atoms with Crippen molar-refractivity contribution in [3.8, 4) is 11.5 Å². The van der Waals surface area contributed by atoms with Gasteiger partial charge in [-0.25, -0.2) is 4.39 Å². The quantitative estimate of drug-likeness (QED) is 0.937. The minimum absolute atomic E-state index is 0.0894. The molecule has 0 aliphatic carbocycles. The Balaban J connectivity index is 1.77. The Bertz CT molecular complexity index is 718. The van der Waals surface area contributed by atoms with Crippen LogP contribution in [0.5, 0.6) is 11.5 Å². The molecule has 0 bridgehead atoms. The average Bonchev–Trinajstić information content (AvgIpc) is 2.96.